The second kappa shape index (κ2) is 4.61. The third-order valence-electron chi connectivity index (χ3n) is 7.69. The Morgan fingerprint density at radius 1 is 1.09 bits per heavy atom. The molecule has 3 fully saturated rings. The van der Waals surface area contributed by atoms with Gasteiger partial charge in [-0.1, -0.05) is 19.4 Å². The topological polar surface area (TPSA) is 66.5 Å². The van der Waals surface area contributed by atoms with Gasteiger partial charge >= 0.3 is 0 Å². The maximum atomic E-state index is 10.8. The van der Waals surface area contributed by atoms with Crippen molar-refractivity contribution in [2.75, 3.05) is 0 Å². The number of fused-ring (bicyclic) bond motifs is 5. The third kappa shape index (κ3) is 1.75. The first kappa shape index (κ1) is 14.8. The zero-order chi connectivity index (χ0) is 15.7. The predicted octanol–water partition coefficient (Wildman–Crippen LogP) is 3.44. The van der Waals surface area contributed by atoms with Crippen molar-refractivity contribution >= 4 is 0 Å². The SMILES string of the molecule is C[C@]12CCC(O)CC1=CC(O)=C1[C@H]2CC[C@]2(C)C(N)CC[C@@H]12. The molecule has 2 unspecified atom stereocenters. The van der Waals surface area contributed by atoms with E-state index in [1.807, 2.05) is 6.08 Å². The number of hydrogen-bond donors (Lipinski definition) is 3. The van der Waals surface area contributed by atoms with E-state index in [-0.39, 0.29) is 23.0 Å². The molecule has 3 heteroatoms. The lowest BCUT2D eigenvalue weighted by molar-refractivity contribution is 0.0494. The van der Waals surface area contributed by atoms with Crippen LogP contribution in [-0.2, 0) is 0 Å². The van der Waals surface area contributed by atoms with Crippen molar-refractivity contribution in [1.82, 2.24) is 0 Å². The van der Waals surface area contributed by atoms with Crippen LogP contribution < -0.4 is 5.73 Å². The van der Waals surface area contributed by atoms with Crippen molar-refractivity contribution in [2.45, 2.75) is 70.9 Å². The van der Waals surface area contributed by atoms with Gasteiger partial charge in [0.1, 0.15) is 5.76 Å². The van der Waals surface area contributed by atoms with Gasteiger partial charge in [0, 0.05) is 6.04 Å². The summed E-state index contributed by atoms with van der Waals surface area (Å²) in [5.41, 5.74) is 9.28. The first-order chi connectivity index (χ1) is 10.4. The average Bonchev–Trinajstić information content (AvgIpc) is 2.77. The van der Waals surface area contributed by atoms with E-state index in [0.717, 1.165) is 38.5 Å². The van der Waals surface area contributed by atoms with Crippen molar-refractivity contribution in [3.8, 4) is 0 Å². The van der Waals surface area contributed by atoms with E-state index < -0.39 is 0 Å². The molecule has 22 heavy (non-hydrogen) atoms. The summed E-state index contributed by atoms with van der Waals surface area (Å²) >= 11 is 0. The van der Waals surface area contributed by atoms with Crippen LogP contribution in [0.25, 0.3) is 0 Å². The molecule has 0 aliphatic heterocycles. The molecule has 0 saturated heterocycles. The fraction of sp³-hybridized carbons (Fsp3) is 0.789. The van der Waals surface area contributed by atoms with Crippen LogP contribution in [0.15, 0.2) is 23.0 Å². The number of aliphatic hydroxyl groups excluding tert-OH is 2. The largest absolute Gasteiger partial charge is 0.508 e. The van der Waals surface area contributed by atoms with Crippen LogP contribution in [-0.4, -0.2) is 22.4 Å². The zero-order valence-corrected chi connectivity index (χ0v) is 13.8. The predicted molar refractivity (Wildman–Crippen MR) is 87.2 cm³/mol. The number of rotatable bonds is 0. The minimum atomic E-state index is -0.234. The molecule has 4 N–H and O–H groups in total. The summed E-state index contributed by atoms with van der Waals surface area (Å²) in [5, 5.41) is 20.8. The van der Waals surface area contributed by atoms with E-state index >= 15 is 0 Å². The summed E-state index contributed by atoms with van der Waals surface area (Å²) in [7, 11) is 0. The number of allylic oxidation sites excluding steroid dienone is 2. The Bertz CT molecular complexity index is 566. The summed E-state index contributed by atoms with van der Waals surface area (Å²) < 4.78 is 0. The molecule has 122 valence electrons. The van der Waals surface area contributed by atoms with Crippen LogP contribution in [0.3, 0.4) is 0 Å². The highest BCUT2D eigenvalue weighted by atomic mass is 16.3. The van der Waals surface area contributed by atoms with Crippen molar-refractivity contribution in [3.63, 3.8) is 0 Å². The highest BCUT2D eigenvalue weighted by Crippen LogP contribution is 2.63. The Morgan fingerprint density at radius 2 is 1.86 bits per heavy atom. The van der Waals surface area contributed by atoms with Gasteiger partial charge in [-0.2, -0.15) is 0 Å². The van der Waals surface area contributed by atoms with Gasteiger partial charge in [-0.05, 0) is 79.3 Å². The Hall–Kier alpha value is -0.800. The van der Waals surface area contributed by atoms with E-state index in [1.54, 1.807) is 0 Å². The fourth-order valence-corrected chi connectivity index (χ4v) is 6.09. The maximum Gasteiger partial charge on any atom is 0.115 e. The molecule has 3 nitrogen and oxygen atoms in total. The van der Waals surface area contributed by atoms with Gasteiger partial charge in [-0.3, -0.25) is 0 Å². The molecule has 4 aliphatic rings. The van der Waals surface area contributed by atoms with Crippen LogP contribution in [0.1, 0.15) is 58.8 Å². The lowest BCUT2D eigenvalue weighted by Gasteiger charge is -2.54. The Balaban J connectivity index is 1.80. The van der Waals surface area contributed by atoms with Crippen LogP contribution in [0.2, 0.25) is 0 Å². The molecule has 0 heterocycles. The summed E-state index contributed by atoms with van der Waals surface area (Å²) in [6, 6.07) is 0.269. The van der Waals surface area contributed by atoms with Crippen LogP contribution in [0, 0.1) is 22.7 Å². The molecule has 0 radical (unpaired) electrons. The van der Waals surface area contributed by atoms with Crippen LogP contribution >= 0.6 is 0 Å². The lowest BCUT2D eigenvalue weighted by atomic mass is 9.51. The Kier molecular flexibility index (Phi) is 3.09. The average molecular weight is 303 g/mol. The van der Waals surface area contributed by atoms with Gasteiger partial charge in [-0.25, -0.2) is 0 Å². The summed E-state index contributed by atoms with van der Waals surface area (Å²) in [6.45, 7) is 4.69. The van der Waals surface area contributed by atoms with Crippen molar-refractivity contribution in [3.05, 3.63) is 23.0 Å². The molecule has 0 amide bonds. The maximum absolute atomic E-state index is 10.8. The Morgan fingerprint density at radius 3 is 2.64 bits per heavy atom. The summed E-state index contributed by atoms with van der Waals surface area (Å²) in [5.74, 6) is 1.39. The van der Waals surface area contributed by atoms with Crippen molar-refractivity contribution in [1.29, 1.82) is 0 Å². The van der Waals surface area contributed by atoms with E-state index in [2.05, 4.69) is 13.8 Å². The lowest BCUT2D eigenvalue weighted by Crippen LogP contribution is -2.49. The third-order valence-corrected chi connectivity index (χ3v) is 7.69. The van der Waals surface area contributed by atoms with Gasteiger partial charge < -0.3 is 15.9 Å². The highest BCUT2D eigenvalue weighted by molar-refractivity contribution is 5.41. The van der Waals surface area contributed by atoms with Gasteiger partial charge in [0.25, 0.3) is 0 Å². The summed E-state index contributed by atoms with van der Waals surface area (Å²) in [4.78, 5) is 0. The fourth-order valence-electron chi connectivity index (χ4n) is 6.09. The number of nitrogens with two attached hydrogens (primary N) is 1. The summed E-state index contributed by atoms with van der Waals surface area (Å²) in [6.07, 6.45) is 8.91. The van der Waals surface area contributed by atoms with E-state index in [1.165, 1.54) is 17.6 Å². The number of aliphatic hydroxyl groups is 2. The molecule has 4 rings (SSSR count). The second-order valence-electron chi connectivity index (χ2n) is 8.66. The van der Waals surface area contributed by atoms with Gasteiger partial charge in [0.05, 0.1) is 6.10 Å². The van der Waals surface area contributed by atoms with E-state index in [0.29, 0.717) is 17.6 Å². The molecule has 6 atom stereocenters. The standard InChI is InChI=1S/C19H29NO2/c1-18-7-5-12(21)9-11(18)10-15(22)17-13-3-4-16(20)19(13,2)8-6-14(17)18/h10,12-14,16,21-22H,3-9,20H2,1-2H3/t12?,13-,14+,16?,18-,19-/m0/s1. The first-order valence-corrected chi connectivity index (χ1v) is 8.94. The minimum absolute atomic E-state index is 0.134. The smallest absolute Gasteiger partial charge is 0.115 e. The van der Waals surface area contributed by atoms with E-state index in [9.17, 15) is 10.2 Å². The van der Waals surface area contributed by atoms with Crippen LogP contribution in [0.4, 0.5) is 0 Å². The molecule has 0 aromatic heterocycles. The molecule has 3 saturated carbocycles. The van der Waals surface area contributed by atoms with E-state index in [4.69, 9.17) is 5.73 Å². The second-order valence-corrected chi connectivity index (χ2v) is 8.66. The molecule has 0 spiro atoms. The van der Waals surface area contributed by atoms with Crippen LogP contribution in [0.5, 0.6) is 0 Å². The first-order valence-electron chi connectivity index (χ1n) is 8.94. The zero-order valence-electron chi connectivity index (χ0n) is 13.8. The minimum Gasteiger partial charge on any atom is -0.508 e. The normalized spacial score (nSPS) is 51.0. The van der Waals surface area contributed by atoms with Gasteiger partial charge in [-0.15, -0.1) is 0 Å². The molecular weight excluding hydrogens is 274 g/mol. The molecule has 0 aromatic carbocycles. The Labute approximate surface area is 133 Å². The highest BCUT2D eigenvalue weighted by Gasteiger charge is 2.56. The van der Waals surface area contributed by atoms with Gasteiger partial charge in [0.15, 0.2) is 0 Å². The monoisotopic (exact) mass is 303 g/mol. The molecular formula is C19H29NO2. The van der Waals surface area contributed by atoms with Crippen molar-refractivity contribution in [2.24, 2.45) is 28.4 Å². The number of hydrogen-bond acceptors (Lipinski definition) is 3. The molecule has 0 bridgehead atoms. The molecule has 4 aliphatic carbocycles. The quantitative estimate of drug-likeness (QED) is 0.642. The molecule has 0 aromatic rings. The van der Waals surface area contributed by atoms with Crippen molar-refractivity contribution < 1.29 is 10.2 Å². The van der Waals surface area contributed by atoms with Gasteiger partial charge in [0.2, 0.25) is 0 Å².